The van der Waals surface area contributed by atoms with Gasteiger partial charge in [-0.05, 0) is 133 Å². The number of likely N-dealkylation sites (tertiary alicyclic amines) is 2. The molecule has 0 aliphatic carbocycles. The molecule has 100 heavy (non-hydrogen) atoms. The molecule has 10 rings (SSSR count). The topological polar surface area (TPSA) is 156 Å². The number of likely N-dealkylation sites (N-methyl/N-ethyl adjacent to an activating group) is 4. The van der Waals surface area contributed by atoms with Crippen LogP contribution in [0.25, 0.3) is 0 Å². The second-order valence-corrected chi connectivity index (χ2v) is 31.9. The lowest BCUT2D eigenvalue weighted by atomic mass is 9.82. The van der Waals surface area contributed by atoms with Crippen molar-refractivity contribution in [1.82, 2.24) is 29.4 Å². The lowest BCUT2D eigenvalue weighted by molar-refractivity contribution is -0.164. The molecular formula is C70H82Cl6F6N6O8S4. The van der Waals surface area contributed by atoms with Crippen molar-refractivity contribution in [2.24, 2.45) is 0 Å². The minimum atomic E-state index is -4.71. The van der Waals surface area contributed by atoms with Crippen LogP contribution in [0.2, 0.25) is 20.1 Å². The van der Waals surface area contributed by atoms with Crippen molar-refractivity contribution in [1.29, 1.82) is 0 Å². The number of carbonyl (C=O) groups excluding carboxylic acids is 4. The van der Waals surface area contributed by atoms with Gasteiger partial charge in [-0.3, -0.25) is 19.2 Å². The van der Waals surface area contributed by atoms with Crippen molar-refractivity contribution >= 4 is 142 Å². The summed E-state index contributed by atoms with van der Waals surface area (Å²) in [5.41, 5.74) is 3.23. The van der Waals surface area contributed by atoms with Crippen molar-refractivity contribution in [2.45, 2.75) is 109 Å². The van der Waals surface area contributed by atoms with Gasteiger partial charge in [0, 0.05) is 54.4 Å². The molecule has 2 atom stereocenters. The molecule has 4 heterocycles. The third-order valence-corrected chi connectivity index (χ3v) is 26.3. The van der Waals surface area contributed by atoms with Gasteiger partial charge in [-0.15, -0.1) is 24.8 Å². The summed E-state index contributed by atoms with van der Waals surface area (Å²) < 4.78 is 132. The Hall–Kier alpha value is -4.96. The summed E-state index contributed by atoms with van der Waals surface area (Å²) in [5, 5.41) is 0.899. The Morgan fingerprint density at radius 1 is 0.450 bits per heavy atom. The zero-order valence-corrected chi connectivity index (χ0v) is 63.7. The molecule has 6 aromatic rings. The van der Waals surface area contributed by atoms with Crippen LogP contribution in [-0.4, -0.2) is 163 Å². The fourth-order valence-electron chi connectivity index (χ4n) is 14.3. The van der Waals surface area contributed by atoms with Crippen LogP contribution >= 0.6 is 98.2 Å². The zero-order valence-electron chi connectivity index (χ0n) is 55.4. The van der Waals surface area contributed by atoms with E-state index < -0.39 is 77.3 Å². The maximum absolute atomic E-state index is 14.0. The number of fused-ring (bicyclic) bond motifs is 4. The molecule has 548 valence electrons. The van der Waals surface area contributed by atoms with Gasteiger partial charge in [0.2, 0.25) is 23.6 Å². The van der Waals surface area contributed by atoms with Crippen LogP contribution in [0, 0.1) is 0 Å². The normalized spacial score (nSPS) is 17.5. The number of benzene rings is 6. The number of piperidine rings is 2. The Labute approximate surface area is 627 Å². The molecule has 14 nitrogen and oxygen atoms in total. The number of hydrogen-bond donors (Lipinski definition) is 0. The van der Waals surface area contributed by atoms with E-state index >= 15 is 0 Å². The van der Waals surface area contributed by atoms with E-state index in [0.29, 0.717) is 76.1 Å². The third kappa shape index (κ3) is 19.1. The predicted octanol–water partition coefficient (Wildman–Crippen LogP) is 14.3. The number of halogens is 12. The van der Waals surface area contributed by atoms with E-state index in [2.05, 4.69) is 9.80 Å². The molecule has 4 aliphatic heterocycles. The van der Waals surface area contributed by atoms with Gasteiger partial charge in [0.1, 0.15) is 22.3 Å². The third-order valence-electron chi connectivity index (χ3n) is 19.8. The summed E-state index contributed by atoms with van der Waals surface area (Å²) in [6.45, 7) is 2.04. The summed E-state index contributed by atoms with van der Waals surface area (Å²) in [7, 11) is -1.09. The van der Waals surface area contributed by atoms with Crippen LogP contribution < -0.4 is 0 Å². The maximum Gasteiger partial charge on any atom is 0.397 e. The van der Waals surface area contributed by atoms with Gasteiger partial charge >= 0.3 is 12.4 Å². The highest BCUT2D eigenvalue weighted by molar-refractivity contribution is 7.92. The fraction of sp³-hybridized carbons (Fsp3) is 0.429. The van der Waals surface area contributed by atoms with Gasteiger partial charge in [-0.1, -0.05) is 168 Å². The number of amides is 4. The lowest BCUT2D eigenvalue weighted by Gasteiger charge is -2.47. The largest absolute Gasteiger partial charge is 0.397 e. The minimum Gasteiger partial charge on any atom is -0.343 e. The molecule has 0 saturated carbocycles. The molecule has 0 bridgehead atoms. The van der Waals surface area contributed by atoms with Crippen LogP contribution in [-0.2, 0) is 83.8 Å². The highest BCUT2D eigenvalue weighted by Gasteiger charge is 2.55. The van der Waals surface area contributed by atoms with E-state index in [1.165, 1.54) is 23.9 Å². The Morgan fingerprint density at radius 2 is 0.760 bits per heavy atom. The number of hydrogen-bond acceptors (Lipinski definition) is 10. The highest BCUT2D eigenvalue weighted by Crippen LogP contribution is 2.51. The van der Waals surface area contributed by atoms with Crippen molar-refractivity contribution in [3.63, 3.8) is 0 Å². The second-order valence-electron chi connectivity index (χ2n) is 25.6. The molecule has 4 amide bonds. The molecule has 0 radical (unpaired) electrons. The van der Waals surface area contributed by atoms with Crippen LogP contribution in [0.5, 0.6) is 0 Å². The van der Waals surface area contributed by atoms with E-state index in [-0.39, 0.29) is 134 Å². The fourth-order valence-corrected chi connectivity index (χ4v) is 19.4. The average molecular weight is 1590 g/mol. The van der Waals surface area contributed by atoms with E-state index in [9.17, 15) is 62.4 Å². The van der Waals surface area contributed by atoms with Gasteiger partial charge in [0.25, 0.3) is 0 Å². The zero-order chi connectivity index (χ0) is 69.8. The summed E-state index contributed by atoms with van der Waals surface area (Å²) >= 11 is 25.5. The molecule has 2 spiro atoms. The highest BCUT2D eigenvalue weighted by atomic mass is 35.5. The number of rotatable bonds is 20. The van der Waals surface area contributed by atoms with Crippen molar-refractivity contribution in [2.75, 3.05) is 80.5 Å². The second kappa shape index (κ2) is 34.8. The minimum absolute atomic E-state index is 0. The molecule has 2 fully saturated rings. The monoisotopic (exact) mass is 1590 g/mol. The van der Waals surface area contributed by atoms with Crippen molar-refractivity contribution in [3.05, 3.63) is 210 Å². The van der Waals surface area contributed by atoms with Crippen molar-refractivity contribution in [3.8, 4) is 0 Å². The summed E-state index contributed by atoms with van der Waals surface area (Å²) in [6.07, 6.45) is -10.7. The first-order valence-corrected chi connectivity index (χ1v) is 36.2. The molecule has 6 aromatic carbocycles. The van der Waals surface area contributed by atoms with Crippen LogP contribution in [0.3, 0.4) is 0 Å². The Bertz CT molecular complexity index is 3810. The van der Waals surface area contributed by atoms with Gasteiger partial charge in [0.15, 0.2) is 19.7 Å². The van der Waals surface area contributed by atoms with Gasteiger partial charge in [-0.2, -0.15) is 53.3 Å². The van der Waals surface area contributed by atoms with E-state index in [4.69, 9.17) is 46.4 Å². The Kier molecular flexibility index (Phi) is 29.8. The Balaban J connectivity index is 0.000000347. The maximum atomic E-state index is 14.0. The van der Waals surface area contributed by atoms with Crippen LogP contribution in [0.1, 0.15) is 95.9 Å². The molecular weight excluding hydrogens is 1510 g/mol. The first kappa shape index (κ1) is 85.7. The van der Waals surface area contributed by atoms with Gasteiger partial charge in [-0.25, -0.2) is 16.8 Å². The average Bonchev–Trinajstić information content (AvgIpc) is 1.56. The summed E-state index contributed by atoms with van der Waals surface area (Å²) in [6, 6.07) is 42.7. The lowest BCUT2D eigenvalue weighted by Crippen LogP contribution is -2.56. The summed E-state index contributed by atoms with van der Waals surface area (Å²) in [5.74, 6) is -2.88. The molecule has 0 aromatic heterocycles. The van der Waals surface area contributed by atoms with Crippen LogP contribution in [0.4, 0.5) is 26.3 Å². The molecule has 0 unspecified atom stereocenters. The number of carbonyl (C=O) groups is 4. The first-order valence-electron chi connectivity index (χ1n) is 31.3. The molecule has 4 aliphatic rings. The van der Waals surface area contributed by atoms with E-state index in [0.717, 1.165) is 43.2 Å². The van der Waals surface area contributed by atoms with E-state index in [1.54, 1.807) is 50.5 Å². The Morgan fingerprint density at radius 3 is 1.07 bits per heavy atom. The van der Waals surface area contributed by atoms with Crippen molar-refractivity contribution < 1.29 is 62.4 Å². The first-order chi connectivity index (χ1) is 45.1. The molecule has 30 heteroatoms. The van der Waals surface area contributed by atoms with E-state index in [1.807, 2.05) is 109 Å². The SMILES string of the molecule is CN(C[C@](CCN1CCC2(CC1)c1ccccc1CS2(=O)=O)(c1ccc(Cl)c(Cl)c1)N(C)C(=O)Cc1ccccc1)C(=O)CC(F)(F)F.CN(C[C@](CCN1CCC2(CC1)c1ccccc1CS2(=O)=O)(c1ccc(Cl)c(Cl)c1)N(C)C(=O)Cc1ccccc1)C(=O)CC(F)(F)F.Cl.Cl.S.S. The quantitative estimate of drug-likeness (QED) is 0.0674. The van der Waals surface area contributed by atoms with Gasteiger partial charge < -0.3 is 29.4 Å². The number of alkyl halides is 6. The van der Waals surface area contributed by atoms with Crippen LogP contribution in [0.15, 0.2) is 146 Å². The molecule has 2 saturated heterocycles. The molecule has 0 N–H and O–H groups in total. The predicted molar refractivity (Wildman–Crippen MR) is 396 cm³/mol. The van der Waals surface area contributed by atoms with Gasteiger partial charge in [0.05, 0.1) is 55.5 Å². The smallest absolute Gasteiger partial charge is 0.343 e. The summed E-state index contributed by atoms with van der Waals surface area (Å²) in [4.78, 5) is 62.9. The standard InChI is InChI=1S/2C35H38Cl2F3N3O4S.2ClH.2H2S/c2*1-41(32(45)22-35(38,39)40)24-33(27-12-13-29(36)30(37)21-27,42(2)31(44)20-25-8-4-3-5-9-25)14-17-43-18-15-34(16-19-43)28-11-7-6-10-26(28)23-48(34,46)47;;;;/h2*3-13,21H,14-20,22-24H2,1-2H3;2*1H;2*1H2/t2*33-;;;;/m11..../s1. The number of nitrogens with zero attached hydrogens (tertiary/aromatic N) is 6. The number of sulfone groups is 2.